The number of rotatable bonds is 5. The number of ketones is 1. The molecule has 2 atom stereocenters. The van der Waals surface area contributed by atoms with Crippen molar-refractivity contribution in [3.05, 3.63) is 58.6 Å². The normalized spacial score (nSPS) is 20.6. The fraction of sp³-hybridized carbons (Fsp3) is 0.375. The number of nitrogens with one attached hydrogen (secondary N) is 2. The van der Waals surface area contributed by atoms with Gasteiger partial charge in [0.25, 0.3) is 9.70 Å². The van der Waals surface area contributed by atoms with E-state index in [0.717, 1.165) is 11.8 Å². The molecule has 0 aliphatic carbocycles. The van der Waals surface area contributed by atoms with Gasteiger partial charge in [-0.15, -0.1) is 0 Å². The zero-order chi connectivity index (χ0) is 27.6. The Morgan fingerprint density at radius 3 is 2.32 bits per heavy atom. The van der Waals surface area contributed by atoms with Crippen molar-refractivity contribution in [3.8, 4) is 0 Å². The van der Waals surface area contributed by atoms with Crippen LogP contribution in [-0.2, 0) is 16.1 Å². The van der Waals surface area contributed by atoms with E-state index in [-0.39, 0.29) is 24.3 Å². The van der Waals surface area contributed by atoms with Gasteiger partial charge in [-0.1, -0.05) is 76.7 Å². The number of benzene rings is 1. The number of Topliss-reactive ketones (excluding diaryl/α,β-unsaturated/α-hetero) is 1. The summed E-state index contributed by atoms with van der Waals surface area (Å²) in [5.74, 6) is -3.53. The van der Waals surface area contributed by atoms with Gasteiger partial charge in [0.15, 0.2) is 16.8 Å². The van der Waals surface area contributed by atoms with E-state index in [1.54, 1.807) is 10.2 Å². The van der Waals surface area contributed by atoms with Crippen molar-refractivity contribution >= 4 is 75.9 Å². The van der Waals surface area contributed by atoms with E-state index >= 15 is 0 Å². The maximum atomic E-state index is 14.9. The molecule has 0 radical (unpaired) electrons. The third-order valence-corrected chi connectivity index (χ3v) is 7.26. The minimum absolute atomic E-state index is 0.131. The molecule has 2 unspecified atom stereocenters. The van der Waals surface area contributed by atoms with Gasteiger partial charge < -0.3 is 15.0 Å². The van der Waals surface area contributed by atoms with Crippen molar-refractivity contribution < 1.29 is 28.3 Å². The third kappa shape index (κ3) is 6.31. The first-order valence-electron chi connectivity index (χ1n) is 11.5. The minimum Gasteiger partial charge on any atom is -0.445 e. The predicted molar refractivity (Wildman–Crippen MR) is 139 cm³/mol. The summed E-state index contributed by atoms with van der Waals surface area (Å²) in [7, 11) is 0. The molecule has 4 amide bonds. The number of urea groups is 1. The molecule has 2 aliphatic heterocycles. The Morgan fingerprint density at radius 2 is 1.71 bits per heavy atom. The summed E-state index contributed by atoms with van der Waals surface area (Å²) in [6, 6.07) is 7.55. The van der Waals surface area contributed by atoms with E-state index < -0.39 is 50.2 Å². The summed E-state index contributed by atoms with van der Waals surface area (Å²) in [6.45, 7) is 0.131. The fourth-order valence-corrected chi connectivity index (χ4v) is 5.08. The van der Waals surface area contributed by atoms with Gasteiger partial charge in [-0.3, -0.25) is 14.9 Å². The van der Waals surface area contributed by atoms with Gasteiger partial charge in [-0.05, 0) is 31.2 Å². The maximum Gasteiger partial charge on any atom is 0.410 e. The lowest BCUT2D eigenvalue weighted by atomic mass is 9.85. The van der Waals surface area contributed by atoms with E-state index in [1.807, 2.05) is 30.3 Å². The first-order chi connectivity index (χ1) is 18.0. The van der Waals surface area contributed by atoms with E-state index in [0.29, 0.717) is 25.7 Å². The number of imide groups is 1. The minimum atomic E-state index is -2.44. The Balaban J connectivity index is 1.46. The third-order valence-electron chi connectivity index (χ3n) is 6.49. The number of carbonyl (C=O) groups excluding carboxylic acids is 4. The number of carbonyl (C=O) groups is 4. The number of fused-ring (bicyclic) bond motifs is 2. The summed E-state index contributed by atoms with van der Waals surface area (Å²) in [5, 5.41) is 3.23. The molecule has 4 rings (SSSR count). The second-order valence-corrected chi connectivity index (χ2v) is 11.6. The van der Waals surface area contributed by atoms with Gasteiger partial charge in [0, 0.05) is 24.2 Å². The average molecular weight is 606 g/mol. The second-order valence-electron chi connectivity index (χ2n) is 8.92. The highest BCUT2D eigenvalue weighted by molar-refractivity contribution is 6.76. The van der Waals surface area contributed by atoms with Gasteiger partial charge in [0.1, 0.15) is 6.61 Å². The Labute approximate surface area is 236 Å². The van der Waals surface area contributed by atoms with Crippen LogP contribution < -0.4 is 10.6 Å². The fourth-order valence-electron chi connectivity index (χ4n) is 4.79. The number of hydrogen-bond acceptors (Lipinski definition) is 6. The lowest BCUT2D eigenvalue weighted by molar-refractivity contribution is -0.119. The molecule has 2 bridgehead atoms. The zero-order valence-corrected chi connectivity index (χ0v) is 22.6. The van der Waals surface area contributed by atoms with Crippen LogP contribution in [-0.4, -0.2) is 49.6 Å². The van der Waals surface area contributed by atoms with E-state index in [4.69, 9.17) is 51.1 Å². The Hall–Kier alpha value is -2.66. The number of hydrogen-bond donors (Lipinski definition) is 2. The van der Waals surface area contributed by atoms with Gasteiger partial charge in [-0.25, -0.2) is 19.0 Å². The highest BCUT2D eigenvalue weighted by atomic mass is 35.6. The Kier molecular flexibility index (Phi) is 8.66. The topological polar surface area (TPSA) is 118 Å². The summed E-state index contributed by atoms with van der Waals surface area (Å²) in [4.78, 5) is 55.7. The molecule has 202 valence electrons. The number of alkyl halides is 3. The van der Waals surface area contributed by atoms with Gasteiger partial charge >= 0.3 is 12.1 Å². The molecular weight excluding hydrogens is 585 g/mol. The molecule has 2 aliphatic rings. The van der Waals surface area contributed by atoms with Crippen LogP contribution in [0.1, 0.15) is 41.6 Å². The first-order valence-corrected chi connectivity index (χ1v) is 13.0. The van der Waals surface area contributed by atoms with Crippen molar-refractivity contribution in [2.45, 2.75) is 48.2 Å². The largest absolute Gasteiger partial charge is 0.445 e. The maximum absolute atomic E-state index is 14.9. The molecule has 2 saturated heterocycles. The molecular formula is C24H21Cl4FN4O5. The number of ether oxygens (including phenoxy) is 1. The Bertz CT molecular complexity index is 1250. The summed E-state index contributed by atoms with van der Waals surface area (Å²) >= 11 is 22.1. The lowest BCUT2D eigenvalue weighted by Gasteiger charge is -2.37. The van der Waals surface area contributed by atoms with Gasteiger partial charge in [0.05, 0.1) is 11.3 Å². The molecule has 2 fully saturated rings. The summed E-state index contributed by atoms with van der Waals surface area (Å²) in [5.41, 5.74) is 0.0460. The number of nitrogens with zero attached hydrogens (tertiary/aromatic N) is 2. The average Bonchev–Trinajstić information content (AvgIpc) is 3.14. The van der Waals surface area contributed by atoms with Crippen molar-refractivity contribution in [2.75, 3.05) is 5.32 Å². The van der Waals surface area contributed by atoms with Crippen LogP contribution in [0, 0.1) is 11.7 Å². The number of halogens is 5. The van der Waals surface area contributed by atoms with Crippen LogP contribution in [0.15, 0.2) is 36.5 Å². The van der Waals surface area contributed by atoms with E-state index in [1.165, 1.54) is 0 Å². The molecule has 2 aromatic rings. The molecule has 9 nitrogen and oxygen atoms in total. The van der Waals surface area contributed by atoms with Gasteiger partial charge in [-0.2, -0.15) is 0 Å². The number of anilines is 1. The molecule has 14 heteroatoms. The quantitative estimate of drug-likeness (QED) is 0.258. The Morgan fingerprint density at radius 1 is 1.08 bits per heavy atom. The highest BCUT2D eigenvalue weighted by Gasteiger charge is 2.46. The second kappa shape index (κ2) is 11.6. The molecule has 2 N–H and O–H groups in total. The number of pyridine rings is 1. The zero-order valence-electron chi connectivity index (χ0n) is 19.6. The lowest BCUT2D eigenvalue weighted by Crippen LogP contribution is -2.48. The molecule has 0 saturated carbocycles. The summed E-state index contributed by atoms with van der Waals surface area (Å²) in [6.07, 6.45) is 2.60. The SMILES string of the molecule is O=C(NC(=O)C(Cl)(Cl)Cl)Nc1c(C(=O)C2CC3CCC(C2)N3C(=O)OCc2ccccc2)cnc(Cl)c1F. The smallest absolute Gasteiger partial charge is 0.410 e. The first kappa shape index (κ1) is 28.4. The van der Waals surface area contributed by atoms with Crippen LogP contribution in [0.4, 0.5) is 19.7 Å². The molecule has 38 heavy (non-hydrogen) atoms. The predicted octanol–water partition coefficient (Wildman–Crippen LogP) is 5.65. The summed E-state index contributed by atoms with van der Waals surface area (Å²) < 4.78 is 17.9. The van der Waals surface area contributed by atoms with Gasteiger partial charge in [0.2, 0.25) is 0 Å². The van der Waals surface area contributed by atoms with Crippen LogP contribution in [0.2, 0.25) is 5.15 Å². The van der Waals surface area contributed by atoms with Crippen molar-refractivity contribution in [1.82, 2.24) is 15.2 Å². The molecule has 3 heterocycles. The molecule has 0 spiro atoms. The standard InChI is InChI=1S/C24H21Cl4FN4O5/c25-20-17(29)18(31-22(36)32-21(35)24(26,27)28)16(10-30-20)19(34)13-8-14-6-7-15(9-13)33(14)23(37)38-11-12-4-2-1-3-5-12/h1-5,10,13-15H,6-9,11H2,(H2,30,31,32,35,36). The molecule has 1 aromatic heterocycles. The van der Waals surface area contributed by atoms with Crippen molar-refractivity contribution in [1.29, 1.82) is 0 Å². The number of amides is 4. The van der Waals surface area contributed by atoms with Crippen LogP contribution in [0.25, 0.3) is 0 Å². The van der Waals surface area contributed by atoms with Crippen LogP contribution in [0.3, 0.4) is 0 Å². The van der Waals surface area contributed by atoms with E-state index in [2.05, 4.69) is 10.3 Å². The monoisotopic (exact) mass is 604 g/mol. The number of aromatic nitrogens is 1. The van der Waals surface area contributed by atoms with Crippen molar-refractivity contribution in [2.24, 2.45) is 5.92 Å². The van der Waals surface area contributed by atoms with Crippen LogP contribution in [0.5, 0.6) is 0 Å². The van der Waals surface area contributed by atoms with Crippen LogP contribution >= 0.6 is 46.4 Å². The number of piperidine rings is 1. The molecule has 1 aromatic carbocycles. The highest BCUT2D eigenvalue weighted by Crippen LogP contribution is 2.41. The van der Waals surface area contributed by atoms with E-state index in [9.17, 15) is 23.6 Å². The van der Waals surface area contributed by atoms with Crippen molar-refractivity contribution in [3.63, 3.8) is 0 Å².